The molecule has 0 unspecified atom stereocenters. The largest absolute Gasteiger partial charge is 0.497 e. The van der Waals surface area contributed by atoms with Gasteiger partial charge >= 0.3 is 0 Å². The maximum Gasteiger partial charge on any atom is 0.128 e. The summed E-state index contributed by atoms with van der Waals surface area (Å²) in [4.78, 5) is 2.33. The van der Waals surface area contributed by atoms with Crippen LogP contribution in [0.25, 0.3) is 0 Å². The zero-order chi connectivity index (χ0) is 14.7. The Hall–Kier alpha value is -1.43. The standard InChI is InChI=1S/C16H19FN2OS/c1-20-13-2-3-15(17)14(10-13)16(12-4-9-21-11-12)19-7-5-18-6-8-19/h2-4,9-11,16,18H,5-8H2,1H3/t16-/m0/s1. The van der Waals surface area contributed by atoms with Crippen LogP contribution in [0.2, 0.25) is 0 Å². The molecule has 0 saturated carbocycles. The molecule has 0 spiro atoms. The molecule has 1 aliphatic rings. The van der Waals surface area contributed by atoms with Gasteiger partial charge in [-0.25, -0.2) is 4.39 Å². The summed E-state index contributed by atoms with van der Waals surface area (Å²) >= 11 is 1.65. The van der Waals surface area contributed by atoms with E-state index in [1.165, 1.54) is 6.07 Å². The molecule has 1 N–H and O–H groups in total. The fraction of sp³-hybridized carbons (Fsp3) is 0.375. The molecule has 0 bridgehead atoms. The van der Waals surface area contributed by atoms with Crippen molar-refractivity contribution < 1.29 is 9.13 Å². The Kier molecular flexibility index (Phi) is 4.53. The number of rotatable bonds is 4. The molecule has 1 aromatic carbocycles. The highest BCUT2D eigenvalue weighted by molar-refractivity contribution is 7.08. The van der Waals surface area contributed by atoms with Gasteiger partial charge in [0.2, 0.25) is 0 Å². The Morgan fingerprint density at radius 3 is 2.76 bits per heavy atom. The highest BCUT2D eigenvalue weighted by Crippen LogP contribution is 2.33. The molecule has 3 nitrogen and oxygen atoms in total. The third kappa shape index (κ3) is 3.10. The number of thiophene rings is 1. The molecular formula is C16H19FN2OS. The van der Waals surface area contributed by atoms with E-state index in [0.717, 1.165) is 31.7 Å². The number of benzene rings is 1. The lowest BCUT2D eigenvalue weighted by Crippen LogP contribution is -2.45. The van der Waals surface area contributed by atoms with Crippen molar-refractivity contribution in [2.45, 2.75) is 6.04 Å². The van der Waals surface area contributed by atoms with Gasteiger partial charge in [-0.05, 0) is 40.6 Å². The molecule has 0 amide bonds. The molecule has 5 heteroatoms. The summed E-state index contributed by atoms with van der Waals surface area (Å²) in [6.07, 6.45) is 0. The van der Waals surface area contributed by atoms with Gasteiger partial charge in [0.15, 0.2) is 0 Å². The van der Waals surface area contributed by atoms with Crippen LogP contribution in [0, 0.1) is 5.82 Å². The third-order valence-electron chi connectivity index (χ3n) is 3.87. The van der Waals surface area contributed by atoms with Crippen molar-refractivity contribution in [2.75, 3.05) is 33.3 Å². The van der Waals surface area contributed by atoms with Gasteiger partial charge in [-0.1, -0.05) is 0 Å². The zero-order valence-corrected chi connectivity index (χ0v) is 12.8. The number of halogens is 1. The Labute approximate surface area is 128 Å². The quantitative estimate of drug-likeness (QED) is 0.940. The molecule has 1 fully saturated rings. The average Bonchev–Trinajstić information content (AvgIpc) is 3.04. The van der Waals surface area contributed by atoms with Crippen LogP contribution >= 0.6 is 11.3 Å². The number of hydrogen-bond acceptors (Lipinski definition) is 4. The van der Waals surface area contributed by atoms with Crippen LogP contribution in [-0.4, -0.2) is 38.2 Å². The maximum atomic E-state index is 14.4. The smallest absolute Gasteiger partial charge is 0.128 e. The number of piperazine rings is 1. The van der Waals surface area contributed by atoms with E-state index >= 15 is 0 Å². The Morgan fingerprint density at radius 1 is 1.29 bits per heavy atom. The lowest BCUT2D eigenvalue weighted by molar-refractivity contribution is 0.195. The van der Waals surface area contributed by atoms with E-state index in [1.54, 1.807) is 24.5 Å². The van der Waals surface area contributed by atoms with Crippen LogP contribution in [0.15, 0.2) is 35.0 Å². The van der Waals surface area contributed by atoms with Gasteiger partial charge in [0.05, 0.1) is 13.2 Å². The monoisotopic (exact) mass is 306 g/mol. The van der Waals surface area contributed by atoms with Crippen molar-refractivity contribution in [1.29, 1.82) is 0 Å². The van der Waals surface area contributed by atoms with Gasteiger partial charge in [0.1, 0.15) is 11.6 Å². The number of methoxy groups -OCH3 is 1. The van der Waals surface area contributed by atoms with Crippen molar-refractivity contribution >= 4 is 11.3 Å². The van der Waals surface area contributed by atoms with Gasteiger partial charge in [-0.3, -0.25) is 4.90 Å². The average molecular weight is 306 g/mol. The van der Waals surface area contributed by atoms with Crippen LogP contribution in [0.1, 0.15) is 17.2 Å². The van der Waals surface area contributed by atoms with E-state index < -0.39 is 0 Å². The van der Waals surface area contributed by atoms with Crippen LogP contribution in [0.3, 0.4) is 0 Å². The summed E-state index contributed by atoms with van der Waals surface area (Å²) in [7, 11) is 1.61. The predicted molar refractivity (Wildman–Crippen MR) is 83.6 cm³/mol. The van der Waals surface area contributed by atoms with Gasteiger partial charge in [0.25, 0.3) is 0 Å². The number of nitrogens with one attached hydrogen (secondary N) is 1. The molecule has 1 aromatic heterocycles. The normalized spacial score (nSPS) is 17.6. The Balaban J connectivity index is 2.02. The summed E-state index contributed by atoms with van der Waals surface area (Å²) in [6, 6.07) is 7.01. The SMILES string of the molecule is COc1ccc(F)c([C@H](c2ccsc2)N2CCNCC2)c1. The maximum absolute atomic E-state index is 14.4. The minimum absolute atomic E-state index is 0.0477. The van der Waals surface area contributed by atoms with Gasteiger partial charge in [0, 0.05) is 31.7 Å². The summed E-state index contributed by atoms with van der Waals surface area (Å²) in [5.41, 5.74) is 1.84. The molecule has 1 atom stereocenters. The molecule has 0 aliphatic carbocycles. The van der Waals surface area contributed by atoms with E-state index in [0.29, 0.717) is 11.3 Å². The highest BCUT2D eigenvalue weighted by Gasteiger charge is 2.26. The van der Waals surface area contributed by atoms with Crippen molar-refractivity contribution in [2.24, 2.45) is 0 Å². The highest BCUT2D eigenvalue weighted by atomic mass is 32.1. The fourth-order valence-corrected chi connectivity index (χ4v) is 3.50. The Bertz CT molecular complexity index is 582. The summed E-state index contributed by atoms with van der Waals surface area (Å²) in [6.45, 7) is 3.70. The zero-order valence-electron chi connectivity index (χ0n) is 12.0. The second-order valence-corrected chi connectivity index (χ2v) is 5.91. The molecule has 0 radical (unpaired) electrons. The van der Waals surface area contributed by atoms with Gasteiger partial charge < -0.3 is 10.1 Å². The minimum atomic E-state index is -0.175. The lowest BCUT2D eigenvalue weighted by atomic mass is 9.98. The molecule has 2 aromatic rings. The Morgan fingerprint density at radius 2 is 2.10 bits per heavy atom. The summed E-state index contributed by atoms with van der Waals surface area (Å²) < 4.78 is 19.7. The first-order valence-corrected chi connectivity index (χ1v) is 8.04. The first kappa shape index (κ1) is 14.5. The van der Waals surface area contributed by atoms with E-state index in [-0.39, 0.29) is 11.9 Å². The van der Waals surface area contributed by atoms with Crippen LogP contribution in [0.4, 0.5) is 4.39 Å². The van der Waals surface area contributed by atoms with Crippen molar-refractivity contribution in [3.63, 3.8) is 0 Å². The van der Waals surface area contributed by atoms with Gasteiger partial charge in [-0.2, -0.15) is 11.3 Å². The van der Waals surface area contributed by atoms with Gasteiger partial charge in [-0.15, -0.1) is 0 Å². The van der Waals surface area contributed by atoms with E-state index in [4.69, 9.17) is 4.74 Å². The van der Waals surface area contributed by atoms with E-state index in [1.807, 2.05) is 11.4 Å². The van der Waals surface area contributed by atoms with Crippen molar-refractivity contribution in [3.05, 3.63) is 52.0 Å². The fourth-order valence-electron chi connectivity index (χ4n) is 2.82. The second kappa shape index (κ2) is 6.56. The molecule has 1 saturated heterocycles. The van der Waals surface area contributed by atoms with E-state index in [9.17, 15) is 4.39 Å². The predicted octanol–water partition coefficient (Wildman–Crippen LogP) is 2.89. The molecule has 2 heterocycles. The number of ether oxygens (including phenoxy) is 1. The molecular weight excluding hydrogens is 287 g/mol. The second-order valence-electron chi connectivity index (χ2n) is 5.13. The molecule has 3 rings (SSSR count). The summed E-state index contributed by atoms with van der Waals surface area (Å²) in [5, 5.41) is 7.49. The van der Waals surface area contributed by atoms with Crippen LogP contribution in [0.5, 0.6) is 5.75 Å². The topological polar surface area (TPSA) is 24.5 Å². The third-order valence-corrected chi connectivity index (χ3v) is 4.57. The number of nitrogens with zero attached hydrogens (tertiary/aromatic N) is 1. The van der Waals surface area contributed by atoms with Crippen molar-refractivity contribution in [1.82, 2.24) is 10.2 Å². The van der Waals surface area contributed by atoms with Crippen molar-refractivity contribution in [3.8, 4) is 5.75 Å². The van der Waals surface area contributed by atoms with Crippen LogP contribution < -0.4 is 10.1 Å². The van der Waals surface area contributed by atoms with Crippen LogP contribution in [-0.2, 0) is 0 Å². The molecule has 21 heavy (non-hydrogen) atoms. The van der Waals surface area contributed by atoms with E-state index in [2.05, 4.69) is 21.7 Å². The number of hydrogen-bond donors (Lipinski definition) is 1. The molecule has 112 valence electrons. The minimum Gasteiger partial charge on any atom is -0.497 e. The molecule has 1 aliphatic heterocycles. The lowest BCUT2D eigenvalue weighted by Gasteiger charge is -2.35. The summed E-state index contributed by atoms with van der Waals surface area (Å²) in [5.74, 6) is 0.521. The first-order chi connectivity index (χ1) is 10.3. The first-order valence-electron chi connectivity index (χ1n) is 7.10.